The normalized spacial score (nSPS) is 10.9. The van der Waals surface area contributed by atoms with Crippen LogP contribution in [0.2, 0.25) is 0 Å². The first-order chi connectivity index (χ1) is 11.1. The predicted molar refractivity (Wildman–Crippen MR) is 93.3 cm³/mol. The molecule has 3 aromatic rings. The second kappa shape index (κ2) is 6.46. The Bertz CT molecular complexity index is 873. The molecule has 3 rings (SSSR count). The van der Waals surface area contributed by atoms with E-state index in [-0.39, 0.29) is 11.6 Å². The van der Waals surface area contributed by atoms with Gasteiger partial charge in [0.15, 0.2) is 5.78 Å². The van der Waals surface area contributed by atoms with Crippen molar-refractivity contribution in [2.24, 2.45) is 0 Å². The van der Waals surface area contributed by atoms with E-state index in [1.807, 2.05) is 25.3 Å². The quantitative estimate of drug-likeness (QED) is 0.631. The lowest BCUT2D eigenvalue weighted by molar-refractivity contribution is 0.0982. The molecular formula is C18H17FN2OS. The summed E-state index contributed by atoms with van der Waals surface area (Å²) >= 11 is 1.54. The molecular weight excluding hydrogens is 311 g/mol. The molecule has 1 aromatic carbocycles. The van der Waals surface area contributed by atoms with E-state index in [4.69, 9.17) is 0 Å². The number of Topliss-reactive ketones (excluding diaryl/α,β-unsaturated/α-hetero) is 1. The molecule has 0 spiro atoms. The summed E-state index contributed by atoms with van der Waals surface area (Å²) in [5, 5.41) is 5.27. The summed E-state index contributed by atoms with van der Waals surface area (Å²) in [6.07, 6.45) is 2.90. The molecule has 0 atom stereocenters. The molecule has 5 heteroatoms. The smallest absolute Gasteiger partial charge is 0.166 e. The van der Waals surface area contributed by atoms with Gasteiger partial charge in [0, 0.05) is 18.3 Å². The van der Waals surface area contributed by atoms with Crippen molar-refractivity contribution in [3.8, 4) is 0 Å². The third kappa shape index (κ3) is 3.10. The topological polar surface area (TPSA) is 42.0 Å². The van der Waals surface area contributed by atoms with E-state index in [1.165, 1.54) is 12.1 Å². The minimum atomic E-state index is -0.272. The molecule has 0 aliphatic heterocycles. The first kappa shape index (κ1) is 15.6. The van der Waals surface area contributed by atoms with Gasteiger partial charge in [-0.1, -0.05) is 6.92 Å². The number of aromatic nitrogens is 1. The number of aryl methyl sites for hydroxylation is 1. The Hall–Kier alpha value is -2.27. The molecule has 0 saturated carbocycles. The van der Waals surface area contributed by atoms with Gasteiger partial charge in [0.05, 0.1) is 21.5 Å². The molecule has 0 amide bonds. The zero-order valence-corrected chi connectivity index (χ0v) is 13.8. The Morgan fingerprint density at radius 1 is 1.35 bits per heavy atom. The number of nitrogens with zero attached hydrogens (tertiary/aromatic N) is 1. The molecule has 1 N–H and O–H groups in total. The number of nitrogens with one attached hydrogen (secondary N) is 1. The number of carbonyl (C=O) groups is 1. The number of thiophene rings is 1. The average molecular weight is 328 g/mol. The molecule has 0 bridgehead atoms. The molecule has 3 nitrogen and oxygen atoms in total. The van der Waals surface area contributed by atoms with Crippen LogP contribution >= 0.6 is 11.3 Å². The van der Waals surface area contributed by atoms with Crippen LogP contribution in [0.25, 0.3) is 10.2 Å². The molecule has 0 aliphatic rings. The first-order valence-corrected chi connectivity index (χ1v) is 8.40. The van der Waals surface area contributed by atoms with Gasteiger partial charge in [-0.05, 0) is 48.6 Å². The third-order valence-electron chi connectivity index (χ3n) is 3.70. The highest BCUT2D eigenvalue weighted by Crippen LogP contribution is 2.34. The minimum absolute atomic E-state index is 0.0672. The molecule has 2 heterocycles. The van der Waals surface area contributed by atoms with Crippen LogP contribution in [0.15, 0.2) is 35.8 Å². The van der Waals surface area contributed by atoms with E-state index in [2.05, 4.69) is 10.3 Å². The number of hydrogen-bond donors (Lipinski definition) is 1. The van der Waals surface area contributed by atoms with Gasteiger partial charge in [0.25, 0.3) is 0 Å². The van der Waals surface area contributed by atoms with Gasteiger partial charge in [-0.3, -0.25) is 9.78 Å². The van der Waals surface area contributed by atoms with Crippen LogP contribution in [0.5, 0.6) is 0 Å². The number of pyridine rings is 1. The van der Waals surface area contributed by atoms with E-state index < -0.39 is 0 Å². The van der Waals surface area contributed by atoms with E-state index >= 15 is 0 Å². The van der Waals surface area contributed by atoms with Crippen molar-refractivity contribution in [2.45, 2.75) is 26.7 Å². The molecule has 0 saturated heterocycles. The van der Waals surface area contributed by atoms with Crippen LogP contribution in [0.3, 0.4) is 0 Å². The maximum Gasteiger partial charge on any atom is 0.166 e. The lowest BCUT2D eigenvalue weighted by Gasteiger charge is -2.14. The number of halogens is 1. The highest BCUT2D eigenvalue weighted by atomic mass is 32.1. The summed E-state index contributed by atoms with van der Waals surface area (Å²) in [5.74, 6) is -0.205. The van der Waals surface area contributed by atoms with E-state index in [9.17, 15) is 9.18 Å². The van der Waals surface area contributed by atoms with Crippen LogP contribution in [-0.2, 0) is 0 Å². The highest BCUT2D eigenvalue weighted by Gasteiger charge is 2.16. The summed E-state index contributed by atoms with van der Waals surface area (Å²) in [5.41, 5.74) is 3.78. The Morgan fingerprint density at radius 3 is 2.91 bits per heavy atom. The number of rotatable bonds is 5. The van der Waals surface area contributed by atoms with Crippen molar-refractivity contribution in [1.29, 1.82) is 0 Å². The largest absolute Gasteiger partial charge is 0.353 e. The van der Waals surface area contributed by atoms with E-state index in [1.54, 1.807) is 23.6 Å². The Balaban J connectivity index is 2.11. The lowest BCUT2D eigenvalue weighted by Crippen LogP contribution is -2.05. The minimum Gasteiger partial charge on any atom is -0.353 e. The zero-order valence-electron chi connectivity index (χ0n) is 13.0. The van der Waals surface area contributed by atoms with Gasteiger partial charge >= 0.3 is 0 Å². The van der Waals surface area contributed by atoms with Gasteiger partial charge in [0.2, 0.25) is 0 Å². The second-order valence-corrected chi connectivity index (χ2v) is 6.36. The monoisotopic (exact) mass is 328 g/mol. The molecule has 23 heavy (non-hydrogen) atoms. The summed E-state index contributed by atoms with van der Waals surface area (Å²) < 4.78 is 14.2. The molecule has 0 aliphatic carbocycles. The number of carbonyl (C=O) groups excluding carboxylic acids is 1. The average Bonchev–Trinajstić information content (AvgIpc) is 2.99. The molecule has 0 radical (unpaired) electrons. The van der Waals surface area contributed by atoms with Crippen molar-refractivity contribution >= 4 is 38.7 Å². The third-order valence-corrected chi connectivity index (χ3v) is 4.62. The fourth-order valence-electron chi connectivity index (χ4n) is 2.51. The maximum absolute atomic E-state index is 13.3. The number of benzene rings is 1. The van der Waals surface area contributed by atoms with Crippen molar-refractivity contribution < 1.29 is 9.18 Å². The van der Waals surface area contributed by atoms with Crippen LogP contribution in [0.4, 0.5) is 15.8 Å². The predicted octanol–water partition coefficient (Wildman–Crippen LogP) is 5.47. The van der Waals surface area contributed by atoms with Crippen molar-refractivity contribution in [3.63, 3.8) is 0 Å². The number of ketones is 1. The molecule has 2 aromatic heterocycles. The molecule has 118 valence electrons. The Kier molecular flexibility index (Phi) is 4.39. The highest BCUT2D eigenvalue weighted by molar-refractivity contribution is 7.17. The van der Waals surface area contributed by atoms with Crippen molar-refractivity contribution in [1.82, 2.24) is 4.98 Å². The maximum atomic E-state index is 13.3. The summed E-state index contributed by atoms with van der Waals surface area (Å²) in [4.78, 5) is 16.8. The standard InChI is InChI=1S/C18H17FN2OS/c1-3-4-16(22)13-10-20-15-7-8-23-18(15)17(13)21-14-6-5-12(19)9-11(14)2/h5-10H,3-4H2,1-2H3,(H,20,21). The zero-order chi connectivity index (χ0) is 16.4. The number of hydrogen-bond acceptors (Lipinski definition) is 4. The van der Waals surface area contributed by atoms with Gasteiger partial charge in [-0.25, -0.2) is 4.39 Å². The van der Waals surface area contributed by atoms with E-state index in [0.29, 0.717) is 12.0 Å². The Labute approximate surface area is 138 Å². The van der Waals surface area contributed by atoms with Gasteiger partial charge < -0.3 is 5.32 Å². The first-order valence-electron chi connectivity index (χ1n) is 7.52. The Morgan fingerprint density at radius 2 is 2.17 bits per heavy atom. The lowest BCUT2D eigenvalue weighted by atomic mass is 10.1. The van der Waals surface area contributed by atoms with Crippen molar-refractivity contribution in [3.05, 3.63) is 52.8 Å². The number of fused-ring (bicyclic) bond motifs is 1. The second-order valence-electron chi connectivity index (χ2n) is 5.44. The molecule has 0 unspecified atom stereocenters. The van der Waals surface area contributed by atoms with Crippen LogP contribution in [0, 0.1) is 12.7 Å². The molecule has 0 fully saturated rings. The summed E-state index contributed by atoms with van der Waals surface area (Å²) in [6.45, 7) is 3.82. The van der Waals surface area contributed by atoms with Crippen LogP contribution < -0.4 is 5.32 Å². The van der Waals surface area contributed by atoms with Crippen molar-refractivity contribution in [2.75, 3.05) is 5.32 Å². The van der Waals surface area contributed by atoms with E-state index in [0.717, 1.165) is 33.6 Å². The summed E-state index contributed by atoms with van der Waals surface area (Å²) in [7, 11) is 0. The van der Waals surface area contributed by atoms with Crippen LogP contribution in [0.1, 0.15) is 35.7 Å². The van der Waals surface area contributed by atoms with Gasteiger partial charge in [-0.15, -0.1) is 11.3 Å². The number of anilines is 2. The fourth-order valence-corrected chi connectivity index (χ4v) is 3.36. The summed E-state index contributed by atoms with van der Waals surface area (Å²) in [6, 6.07) is 6.51. The fraction of sp³-hybridized carbons (Fsp3) is 0.222. The van der Waals surface area contributed by atoms with Crippen LogP contribution in [-0.4, -0.2) is 10.8 Å². The van der Waals surface area contributed by atoms with Gasteiger partial charge in [0.1, 0.15) is 5.82 Å². The SMILES string of the molecule is CCCC(=O)c1cnc2ccsc2c1Nc1ccc(F)cc1C. The van der Waals surface area contributed by atoms with Gasteiger partial charge in [-0.2, -0.15) is 0 Å².